The van der Waals surface area contributed by atoms with E-state index in [-0.39, 0.29) is 5.69 Å². The van der Waals surface area contributed by atoms with Crippen molar-refractivity contribution in [2.24, 2.45) is 0 Å². The van der Waals surface area contributed by atoms with Crippen LogP contribution in [0, 0.1) is 6.92 Å². The van der Waals surface area contributed by atoms with Crippen LogP contribution in [0.15, 0.2) is 30.7 Å². The summed E-state index contributed by atoms with van der Waals surface area (Å²) < 4.78 is 4.71. The zero-order chi connectivity index (χ0) is 16.9. The minimum Gasteiger partial charge on any atom is -0.464 e. The molecule has 1 fully saturated rings. The number of pyridine rings is 1. The minimum absolute atomic E-state index is 0.286. The van der Waals surface area contributed by atoms with Crippen LogP contribution in [0.1, 0.15) is 21.7 Å². The maximum Gasteiger partial charge on any atom is 0.356 e. The molecule has 7 heteroatoms. The van der Waals surface area contributed by atoms with E-state index in [0.29, 0.717) is 0 Å². The molecule has 3 rings (SSSR count). The van der Waals surface area contributed by atoms with Gasteiger partial charge in [-0.2, -0.15) is 0 Å². The van der Waals surface area contributed by atoms with Crippen LogP contribution in [0.3, 0.4) is 0 Å². The fourth-order valence-electron chi connectivity index (χ4n) is 2.77. The van der Waals surface area contributed by atoms with Gasteiger partial charge in [-0.15, -0.1) is 0 Å². The second kappa shape index (κ2) is 7.35. The van der Waals surface area contributed by atoms with E-state index in [0.717, 1.165) is 44.2 Å². The molecule has 24 heavy (non-hydrogen) atoms. The fourth-order valence-corrected chi connectivity index (χ4v) is 2.77. The number of ether oxygens (including phenoxy) is 1. The molecule has 0 unspecified atom stereocenters. The maximum atomic E-state index is 11.6. The van der Waals surface area contributed by atoms with Crippen LogP contribution in [0.4, 0.5) is 5.82 Å². The number of hydrogen-bond donors (Lipinski definition) is 0. The predicted octanol–water partition coefficient (Wildman–Crippen LogP) is 1.29. The molecular formula is C17H21N5O2. The first kappa shape index (κ1) is 16.3. The Hall–Kier alpha value is -2.54. The van der Waals surface area contributed by atoms with Crippen molar-refractivity contribution < 1.29 is 9.53 Å². The molecule has 1 aliphatic rings. The number of aromatic nitrogens is 3. The van der Waals surface area contributed by atoms with E-state index < -0.39 is 5.97 Å². The Bertz CT molecular complexity index is 714. The number of carbonyl (C=O) groups is 1. The first-order valence-electron chi connectivity index (χ1n) is 7.95. The third-order valence-electron chi connectivity index (χ3n) is 4.23. The van der Waals surface area contributed by atoms with Crippen molar-refractivity contribution in [2.75, 3.05) is 38.2 Å². The zero-order valence-corrected chi connectivity index (χ0v) is 14.0. The highest BCUT2D eigenvalue weighted by Crippen LogP contribution is 2.16. The van der Waals surface area contributed by atoms with E-state index in [4.69, 9.17) is 4.74 Å². The van der Waals surface area contributed by atoms with E-state index >= 15 is 0 Å². The van der Waals surface area contributed by atoms with Crippen molar-refractivity contribution in [2.45, 2.75) is 13.5 Å². The highest BCUT2D eigenvalue weighted by atomic mass is 16.5. The number of carbonyl (C=O) groups excluding carboxylic acids is 1. The molecule has 0 radical (unpaired) electrons. The van der Waals surface area contributed by atoms with Gasteiger partial charge in [0.25, 0.3) is 0 Å². The monoisotopic (exact) mass is 327 g/mol. The molecule has 0 amide bonds. The normalized spacial score (nSPS) is 15.3. The summed E-state index contributed by atoms with van der Waals surface area (Å²) in [7, 11) is 1.35. The lowest BCUT2D eigenvalue weighted by molar-refractivity contribution is 0.0594. The van der Waals surface area contributed by atoms with Crippen LogP contribution in [0.2, 0.25) is 0 Å². The largest absolute Gasteiger partial charge is 0.464 e. The molecule has 2 aromatic heterocycles. The predicted molar refractivity (Wildman–Crippen MR) is 89.8 cm³/mol. The maximum absolute atomic E-state index is 11.6. The Morgan fingerprint density at radius 3 is 2.71 bits per heavy atom. The first-order valence-corrected chi connectivity index (χ1v) is 7.95. The van der Waals surface area contributed by atoms with Gasteiger partial charge >= 0.3 is 5.97 Å². The lowest BCUT2D eigenvalue weighted by Crippen LogP contribution is -2.46. The first-order chi connectivity index (χ1) is 11.7. The van der Waals surface area contributed by atoms with Gasteiger partial charge in [0.2, 0.25) is 0 Å². The van der Waals surface area contributed by atoms with Crippen molar-refractivity contribution >= 4 is 11.8 Å². The Labute approximate surface area is 141 Å². The summed E-state index contributed by atoms with van der Waals surface area (Å²) in [6.07, 6.45) is 3.25. The molecule has 0 atom stereocenters. The van der Waals surface area contributed by atoms with E-state index in [1.807, 2.05) is 12.3 Å². The summed E-state index contributed by atoms with van der Waals surface area (Å²) in [6, 6.07) is 5.74. The zero-order valence-electron chi connectivity index (χ0n) is 14.0. The third kappa shape index (κ3) is 3.68. The number of piperazine rings is 1. The number of methoxy groups -OCH3 is 1. The number of nitrogens with zero attached hydrogens (tertiary/aromatic N) is 5. The number of anilines is 1. The van der Waals surface area contributed by atoms with Gasteiger partial charge in [-0.05, 0) is 18.6 Å². The standard InChI is InChI=1S/C17H21N5O2/c1-13-4-3-5-18-15(13)11-21-6-8-22(9-7-21)16-10-14(17(23)24-2)19-12-20-16/h3-5,10,12H,6-9,11H2,1-2H3. The molecule has 0 aromatic carbocycles. The molecule has 3 heterocycles. The molecule has 0 spiro atoms. The summed E-state index contributed by atoms with van der Waals surface area (Å²) in [4.78, 5) is 28.8. The van der Waals surface area contributed by atoms with Gasteiger partial charge < -0.3 is 9.64 Å². The summed E-state index contributed by atoms with van der Waals surface area (Å²) in [5.74, 6) is 0.321. The molecule has 126 valence electrons. The average molecular weight is 327 g/mol. The lowest BCUT2D eigenvalue weighted by Gasteiger charge is -2.35. The van der Waals surface area contributed by atoms with E-state index in [1.54, 1.807) is 6.07 Å². The molecule has 2 aromatic rings. The van der Waals surface area contributed by atoms with Gasteiger partial charge in [0.1, 0.15) is 12.1 Å². The van der Waals surface area contributed by atoms with Crippen LogP contribution >= 0.6 is 0 Å². The van der Waals surface area contributed by atoms with Crippen molar-refractivity contribution in [3.8, 4) is 0 Å². The van der Waals surface area contributed by atoms with Gasteiger partial charge in [0.15, 0.2) is 5.69 Å². The number of aryl methyl sites for hydroxylation is 1. The summed E-state index contributed by atoms with van der Waals surface area (Å²) in [5.41, 5.74) is 2.63. The summed E-state index contributed by atoms with van der Waals surface area (Å²) in [6.45, 7) is 6.50. The van der Waals surface area contributed by atoms with E-state index in [9.17, 15) is 4.79 Å². The molecule has 1 saturated heterocycles. The van der Waals surface area contributed by atoms with E-state index in [1.165, 1.54) is 19.0 Å². The Kier molecular flexibility index (Phi) is 5.00. The average Bonchev–Trinajstić information content (AvgIpc) is 2.64. The van der Waals surface area contributed by atoms with Gasteiger partial charge in [-0.25, -0.2) is 14.8 Å². The third-order valence-corrected chi connectivity index (χ3v) is 4.23. The van der Waals surface area contributed by atoms with E-state index in [2.05, 4.69) is 37.7 Å². The molecule has 1 aliphatic heterocycles. The highest BCUT2D eigenvalue weighted by Gasteiger charge is 2.20. The van der Waals surface area contributed by atoms with Crippen LogP contribution in [-0.2, 0) is 11.3 Å². The van der Waals surface area contributed by atoms with Gasteiger partial charge in [-0.1, -0.05) is 6.07 Å². The summed E-state index contributed by atoms with van der Waals surface area (Å²) in [5, 5.41) is 0. The molecule has 0 saturated carbocycles. The minimum atomic E-state index is -0.442. The highest BCUT2D eigenvalue weighted by molar-refractivity contribution is 5.87. The fraction of sp³-hybridized carbons (Fsp3) is 0.412. The quantitative estimate of drug-likeness (QED) is 0.784. The van der Waals surface area contributed by atoms with Crippen LogP contribution < -0.4 is 4.90 Å². The second-order valence-electron chi connectivity index (χ2n) is 5.78. The molecule has 0 aliphatic carbocycles. The second-order valence-corrected chi connectivity index (χ2v) is 5.78. The Morgan fingerprint density at radius 2 is 2.00 bits per heavy atom. The van der Waals surface area contributed by atoms with Gasteiger partial charge in [0.05, 0.1) is 12.8 Å². The lowest BCUT2D eigenvalue weighted by atomic mass is 10.2. The van der Waals surface area contributed by atoms with Gasteiger partial charge in [0, 0.05) is 45.0 Å². The van der Waals surface area contributed by atoms with Crippen LogP contribution in [0.5, 0.6) is 0 Å². The van der Waals surface area contributed by atoms with Crippen LogP contribution in [0.25, 0.3) is 0 Å². The molecule has 0 bridgehead atoms. The number of hydrogen-bond acceptors (Lipinski definition) is 7. The summed E-state index contributed by atoms with van der Waals surface area (Å²) >= 11 is 0. The number of esters is 1. The van der Waals surface area contributed by atoms with Crippen molar-refractivity contribution in [3.63, 3.8) is 0 Å². The van der Waals surface area contributed by atoms with Crippen molar-refractivity contribution in [1.82, 2.24) is 19.9 Å². The molecular weight excluding hydrogens is 306 g/mol. The smallest absolute Gasteiger partial charge is 0.356 e. The molecule has 7 nitrogen and oxygen atoms in total. The van der Waals surface area contributed by atoms with Gasteiger partial charge in [-0.3, -0.25) is 9.88 Å². The van der Waals surface area contributed by atoms with Crippen LogP contribution in [-0.4, -0.2) is 59.1 Å². The van der Waals surface area contributed by atoms with Crippen molar-refractivity contribution in [1.29, 1.82) is 0 Å². The SMILES string of the molecule is COC(=O)c1cc(N2CCN(Cc3ncccc3C)CC2)ncn1. The van der Waals surface area contributed by atoms with Crippen molar-refractivity contribution in [3.05, 3.63) is 47.7 Å². The number of rotatable bonds is 4. The topological polar surface area (TPSA) is 71.5 Å². The molecule has 0 N–H and O–H groups in total. The Morgan fingerprint density at radius 1 is 1.21 bits per heavy atom. The Balaban J connectivity index is 1.61.